The molecular formula is C37H43N3O6Si. The Morgan fingerprint density at radius 3 is 2.49 bits per heavy atom. The van der Waals surface area contributed by atoms with E-state index in [0.29, 0.717) is 42.9 Å². The van der Waals surface area contributed by atoms with E-state index in [0.717, 1.165) is 29.7 Å². The molecule has 4 aliphatic heterocycles. The summed E-state index contributed by atoms with van der Waals surface area (Å²) in [5.41, 5.74) is 3.02. The van der Waals surface area contributed by atoms with Gasteiger partial charge in [0.25, 0.3) is 5.91 Å². The van der Waals surface area contributed by atoms with Gasteiger partial charge in [0.2, 0.25) is 11.8 Å². The van der Waals surface area contributed by atoms with E-state index in [1.54, 1.807) is 14.7 Å². The molecule has 5 atom stereocenters. The van der Waals surface area contributed by atoms with Crippen molar-refractivity contribution in [2.24, 2.45) is 5.92 Å². The summed E-state index contributed by atoms with van der Waals surface area (Å²) in [6, 6.07) is 23.2. The second kappa shape index (κ2) is 12.0. The number of para-hydroxylation sites is 1. The average molecular weight is 654 g/mol. The number of fused-ring (bicyclic) bond motifs is 3. The lowest BCUT2D eigenvalue weighted by Crippen LogP contribution is -2.46. The molecule has 1 spiro atoms. The quantitative estimate of drug-likeness (QED) is 0.347. The van der Waals surface area contributed by atoms with Crippen LogP contribution in [0.25, 0.3) is 0 Å². The number of hydrogen-bond acceptors (Lipinski definition) is 6. The number of anilines is 3. The van der Waals surface area contributed by atoms with Crippen LogP contribution in [0.5, 0.6) is 0 Å². The highest BCUT2D eigenvalue weighted by Gasteiger charge is 2.66. The highest BCUT2D eigenvalue weighted by atomic mass is 28.4. The smallest absolute Gasteiger partial charge is 0.264 e. The molecule has 0 bridgehead atoms. The lowest BCUT2D eigenvalue weighted by molar-refractivity contribution is -0.150. The molecule has 9 nitrogen and oxygen atoms in total. The molecule has 7 rings (SSSR count). The first-order valence-corrected chi connectivity index (χ1v) is 19.8. The Kier molecular flexibility index (Phi) is 8.11. The van der Waals surface area contributed by atoms with Crippen LogP contribution in [0.15, 0.2) is 72.8 Å². The number of carbonyl (C=O) groups excluding carboxylic acids is 3. The zero-order chi connectivity index (χ0) is 33.1. The van der Waals surface area contributed by atoms with Crippen molar-refractivity contribution >= 4 is 43.1 Å². The fraction of sp³-hybridized carbons (Fsp3) is 0.432. The minimum absolute atomic E-state index is 0.0159. The van der Waals surface area contributed by atoms with Crippen molar-refractivity contribution in [1.29, 1.82) is 0 Å². The predicted octanol–water partition coefficient (Wildman–Crippen LogP) is 5.02. The molecule has 2 fully saturated rings. The zero-order valence-electron chi connectivity index (χ0n) is 27.3. The molecular weight excluding hydrogens is 611 g/mol. The standard InChI is InChI=1S/C37H43N3O6Si/c1-24-35(47(2,3)45)32(21-34(43)38-19-9-13-28(38)23-41)46-37(24)29-20-27(40-30-14-8-7-12-26(30)15-18-33(40)42)16-17-31(29)39(36(37)44)22-25-10-5-4-6-11-25/h4-8,10-12,14,16-17,20,24,28,32,35,41,45H,9,13,15,18-19,21-23H2,1-3H3/t24-,28-,32+,35-,37+/m0/s1. The van der Waals surface area contributed by atoms with Crippen molar-refractivity contribution in [3.05, 3.63) is 89.5 Å². The number of carbonyl (C=O) groups is 3. The highest BCUT2D eigenvalue weighted by molar-refractivity contribution is 6.71. The summed E-state index contributed by atoms with van der Waals surface area (Å²) >= 11 is 0. The van der Waals surface area contributed by atoms with Crippen molar-refractivity contribution < 1.29 is 29.0 Å². The first kappa shape index (κ1) is 31.8. The van der Waals surface area contributed by atoms with Crippen LogP contribution in [0.3, 0.4) is 0 Å². The number of amides is 3. The number of benzene rings is 3. The van der Waals surface area contributed by atoms with Crippen molar-refractivity contribution in [2.45, 2.75) is 82.0 Å². The first-order chi connectivity index (χ1) is 22.5. The number of aryl methyl sites for hydroxylation is 1. The maximum atomic E-state index is 14.9. The highest BCUT2D eigenvalue weighted by Crippen LogP contribution is 2.60. The number of ether oxygens (including phenoxy) is 1. The van der Waals surface area contributed by atoms with Gasteiger partial charge in [0.15, 0.2) is 13.9 Å². The Labute approximate surface area is 276 Å². The largest absolute Gasteiger partial charge is 0.432 e. The summed E-state index contributed by atoms with van der Waals surface area (Å²) < 4.78 is 6.98. The van der Waals surface area contributed by atoms with Crippen LogP contribution in [0.1, 0.15) is 49.3 Å². The summed E-state index contributed by atoms with van der Waals surface area (Å²) in [6.45, 7) is 6.47. The molecule has 4 heterocycles. The normalized spacial score (nSPS) is 27.1. The van der Waals surface area contributed by atoms with Gasteiger partial charge in [-0.3, -0.25) is 19.3 Å². The van der Waals surface area contributed by atoms with E-state index < -0.39 is 31.5 Å². The molecule has 3 aromatic carbocycles. The summed E-state index contributed by atoms with van der Waals surface area (Å²) in [6.07, 6.45) is 1.95. The van der Waals surface area contributed by atoms with Crippen LogP contribution in [-0.2, 0) is 37.7 Å². The minimum Gasteiger partial charge on any atom is -0.432 e. The monoisotopic (exact) mass is 653 g/mol. The molecule has 3 aromatic rings. The fourth-order valence-corrected chi connectivity index (χ4v) is 11.2. The lowest BCUT2D eigenvalue weighted by Gasteiger charge is -2.33. The molecule has 0 unspecified atom stereocenters. The van der Waals surface area contributed by atoms with Gasteiger partial charge in [-0.25, -0.2) is 0 Å². The number of rotatable bonds is 7. The van der Waals surface area contributed by atoms with Gasteiger partial charge in [-0.2, -0.15) is 0 Å². The Morgan fingerprint density at radius 1 is 1.00 bits per heavy atom. The van der Waals surface area contributed by atoms with E-state index in [1.165, 1.54) is 0 Å². The van der Waals surface area contributed by atoms with Crippen molar-refractivity contribution in [2.75, 3.05) is 23.0 Å². The maximum absolute atomic E-state index is 14.9. The van der Waals surface area contributed by atoms with Gasteiger partial charge in [0.05, 0.1) is 43.1 Å². The van der Waals surface area contributed by atoms with Gasteiger partial charge in [-0.1, -0.05) is 55.5 Å². The Balaban J connectivity index is 1.34. The minimum atomic E-state index is -3.01. The van der Waals surface area contributed by atoms with E-state index in [2.05, 4.69) is 0 Å². The average Bonchev–Trinajstić information content (AvgIpc) is 3.72. The number of aliphatic hydroxyl groups excluding tert-OH is 1. The number of likely N-dealkylation sites (tertiary alicyclic amines) is 1. The van der Waals surface area contributed by atoms with Crippen molar-refractivity contribution in [3.63, 3.8) is 0 Å². The molecule has 246 valence electrons. The van der Waals surface area contributed by atoms with Gasteiger partial charge in [0.1, 0.15) is 0 Å². The topological polar surface area (TPSA) is 111 Å². The summed E-state index contributed by atoms with van der Waals surface area (Å²) in [4.78, 5) is 59.1. The van der Waals surface area contributed by atoms with Gasteiger partial charge >= 0.3 is 0 Å². The van der Waals surface area contributed by atoms with Gasteiger partial charge in [0, 0.05) is 35.7 Å². The van der Waals surface area contributed by atoms with Gasteiger partial charge < -0.3 is 24.4 Å². The van der Waals surface area contributed by atoms with E-state index >= 15 is 0 Å². The number of nitrogens with zero attached hydrogens (tertiary/aromatic N) is 3. The summed E-state index contributed by atoms with van der Waals surface area (Å²) in [5, 5.41) is 9.91. The van der Waals surface area contributed by atoms with Crippen LogP contribution in [-0.4, -0.2) is 66.1 Å². The van der Waals surface area contributed by atoms with E-state index in [1.807, 2.05) is 92.8 Å². The molecule has 0 saturated carbocycles. The van der Waals surface area contributed by atoms with Crippen molar-refractivity contribution in [3.8, 4) is 0 Å². The Morgan fingerprint density at radius 2 is 1.74 bits per heavy atom. The molecule has 0 aromatic heterocycles. The predicted molar refractivity (Wildman–Crippen MR) is 182 cm³/mol. The molecule has 2 N–H and O–H groups in total. The number of hydrogen-bond donors (Lipinski definition) is 2. The molecule has 3 amide bonds. The first-order valence-electron chi connectivity index (χ1n) is 16.8. The van der Waals surface area contributed by atoms with E-state index in [-0.39, 0.29) is 36.8 Å². The molecule has 0 radical (unpaired) electrons. The van der Waals surface area contributed by atoms with Gasteiger partial charge in [-0.15, -0.1) is 0 Å². The molecule has 0 aliphatic carbocycles. The van der Waals surface area contributed by atoms with Crippen LogP contribution in [0.4, 0.5) is 17.1 Å². The maximum Gasteiger partial charge on any atom is 0.264 e. The van der Waals surface area contributed by atoms with E-state index in [4.69, 9.17) is 4.74 Å². The van der Waals surface area contributed by atoms with Crippen LogP contribution < -0.4 is 9.80 Å². The van der Waals surface area contributed by atoms with Crippen molar-refractivity contribution in [1.82, 2.24) is 4.90 Å². The lowest BCUT2D eigenvalue weighted by atomic mass is 9.82. The second-order valence-corrected chi connectivity index (χ2v) is 18.0. The molecule has 4 aliphatic rings. The third kappa shape index (κ3) is 5.22. The third-order valence-electron chi connectivity index (χ3n) is 10.8. The molecule has 47 heavy (non-hydrogen) atoms. The Hall–Kier alpha value is -3.83. The fourth-order valence-electron chi connectivity index (χ4n) is 8.68. The summed E-state index contributed by atoms with van der Waals surface area (Å²) in [7, 11) is -3.01. The zero-order valence-corrected chi connectivity index (χ0v) is 28.3. The van der Waals surface area contributed by atoms with Crippen LogP contribution >= 0.6 is 0 Å². The number of aliphatic hydroxyl groups is 1. The summed E-state index contributed by atoms with van der Waals surface area (Å²) in [5.74, 6) is -0.822. The van der Waals surface area contributed by atoms with Crippen LogP contribution in [0, 0.1) is 5.92 Å². The third-order valence-corrected chi connectivity index (χ3v) is 13.3. The SMILES string of the molecule is C[C@H]1[C@H]([Si](C)(C)O)[C@@H](CC(=O)N2CCC[C@H]2CO)O[C@]12C(=O)N(Cc1ccccc1)c1ccc(N3C(=O)CCc4ccccc43)cc12. The molecule has 2 saturated heterocycles. The van der Waals surface area contributed by atoms with Gasteiger partial charge in [-0.05, 0) is 67.7 Å². The Bertz CT molecular complexity index is 1710. The van der Waals surface area contributed by atoms with Crippen LogP contribution in [0.2, 0.25) is 18.6 Å². The molecule has 10 heteroatoms. The van der Waals surface area contributed by atoms with E-state index in [9.17, 15) is 24.3 Å². The second-order valence-electron chi connectivity index (χ2n) is 14.1.